The Morgan fingerprint density at radius 1 is 1.05 bits per heavy atom. The van der Waals surface area contributed by atoms with Crippen LogP contribution in [0.2, 0.25) is 10.0 Å². The van der Waals surface area contributed by atoms with Crippen LogP contribution in [0.4, 0.5) is 0 Å². The Balaban J connectivity index is 1.63. The second-order valence-electron chi connectivity index (χ2n) is 7.59. The number of rotatable bonds is 4. The number of hydrogen-bond acceptors (Lipinski definition) is 1. The van der Waals surface area contributed by atoms with Gasteiger partial charge in [-0.25, -0.2) is 0 Å². The molecule has 0 radical (unpaired) electrons. The van der Waals surface area contributed by atoms with Crippen molar-refractivity contribution in [1.29, 1.82) is 0 Å². The molecule has 4 rings (SSSR count). The third kappa shape index (κ3) is 2.52. The van der Waals surface area contributed by atoms with Crippen molar-refractivity contribution in [3.63, 3.8) is 0 Å². The first-order valence-corrected chi connectivity index (χ1v) is 9.06. The van der Waals surface area contributed by atoms with Gasteiger partial charge in [0.25, 0.3) is 0 Å². The van der Waals surface area contributed by atoms with E-state index in [1.165, 1.54) is 56.9 Å². The molecule has 1 N–H and O–H groups in total. The summed E-state index contributed by atoms with van der Waals surface area (Å²) in [5.74, 6) is 0. The van der Waals surface area contributed by atoms with Crippen LogP contribution in [0.3, 0.4) is 0 Å². The van der Waals surface area contributed by atoms with Gasteiger partial charge in [0.15, 0.2) is 0 Å². The Labute approximate surface area is 137 Å². The van der Waals surface area contributed by atoms with Gasteiger partial charge in [-0.05, 0) is 61.6 Å². The van der Waals surface area contributed by atoms with Crippen LogP contribution in [0.5, 0.6) is 0 Å². The van der Waals surface area contributed by atoms with Gasteiger partial charge >= 0.3 is 0 Å². The number of hydrogen-bond donors (Lipinski definition) is 1. The van der Waals surface area contributed by atoms with Gasteiger partial charge in [0.1, 0.15) is 0 Å². The molecule has 1 spiro atoms. The number of nitrogens with one attached hydrogen (secondary N) is 1. The fourth-order valence-corrected chi connectivity index (χ4v) is 5.68. The number of benzene rings is 1. The van der Waals surface area contributed by atoms with E-state index in [1.807, 2.05) is 18.2 Å². The van der Waals surface area contributed by atoms with Crippen LogP contribution in [0.25, 0.3) is 0 Å². The first-order chi connectivity index (χ1) is 10.1. The molecule has 0 heterocycles. The molecule has 3 saturated carbocycles. The maximum atomic E-state index is 6.54. The summed E-state index contributed by atoms with van der Waals surface area (Å²) >= 11 is 13.1. The molecule has 1 aromatic carbocycles. The molecule has 0 saturated heterocycles. The standard InChI is InChI=1S/C18H23Cl2N/c19-14-4-3-5-15(20)16(14)18(12-21-13-6-7-13)10-17(11-18)8-1-2-9-17/h3-5,13,21H,1-2,6-12H2. The molecule has 1 aromatic rings. The van der Waals surface area contributed by atoms with Crippen molar-refractivity contribution in [3.05, 3.63) is 33.8 Å². The molecule has 1 nitrogen and oxygen atoms in total. The minimum atomic E-state index is 0.169. The lowest BCUT2D eigenvalue weighted by Gasteiger charge is -2.56. The highest BCUT2D eigenvalue weighted by Crippen LogP contribution is 2.64. The topological polar surface area (TPSA) is 12.0 Å². The van der Waals surface area contributed by atoms with E-state index in [2.05, 4.69) is 5.32 Å². The van der Waals surface area contributed by atoms with E-state index in [4.69, 9.17) is 23.2 Å². The number of halogens is 2. The SMILES string of the molecule is Clc1cccc(Cl)c1C1(CNC2CC2)CC2(CCCC2)C1. The first kappa shape index (κ1) is 14.4. The quantitative estimate of drug-likeness (QED) is 0.788. The van der Waals surface area contributed by atoms with Gasteiger partial charge in [-0.2, -0.15) is 0 Å². The summed E-state index contributed by atoms with van der Waals surface area (Å²) in [4.78, 5) is 0. The highest BCUT2D eigenvalue weighted by molar-refractivity contribution is 6.36. The monoisotopic (exact) mass is 323 g/mol. The molecule has 114 valence electrons. The molecule has 3 fully saturated rings. The molecule has 21 heavy (non-hydrogen) atoms. The summed E-state index contributed by atoms with van der Waals surface area (Å²) < 4.78 is 0. The van der Waals surface area contributed by atoms with Gasteiger partial charge in [0.2, 0.25) is 0 Å². The smallest absolute Gasteiger partial charge is 0.0459 e. The fraction of sp³-hybridized carbons (Fsp3) is 0.667. The molecule has 0 amide bonds. The van der Waals surface area contributed by atoms with Gasteiger partial charge in [-0.3, -0.25) is 0 Å². The van der Waals surface area contributed by atoms with Crippen molar-refractivity contribution < 1.29 is 0 Å². The zero-order valence-corrected chi connectivity index (χ0v) is 13.9. The van der Waals surface area contributed by atoms with E-state index in [1.54, 1.807) is 0 Å². The summed E-state index contributed by atoms with van der Waals surface area (Å²) in [6.07, 6.45) is 10.8. The second kappa shape index (κ2) is 5.15. The zero-order valence-electron chi connectivity index (χ0n) is 12.4. The molecule has 0 aromatic heterocycles. The fourth-order valence-electron chi connectivity index (χ4n) is 4.88. The van der Waals surface area contributed by atoms with E-state index in [0.717, 1.165) is 22.6 Å². The third-order valence-corrected chi connectivity index (χ3v) is 6.52. The molecule has 0 bridgehead atoms. The van der Waals surface area contributed by atoms with Crippen molar-refractivity contribution >= 4 is 23.2 Å². The summed E-state index contributed by atoms with van der Waals surface area (Å²) in [6.45, 7) is 1.04. The van der Waals surface area contributed by atoms with Gasteiger partial charge in [0.05, 0.1) is 0 Å². The second-order valence-corrected chi connectivity index (χ2v) is 8.41. The minimum absolute atomic E-state index is 0.169. The van der Waals surface area contributed by atoms with Crippen molar-refractivity contribution in [2.75, 3.05) is 6.54 Å². The maximum absolute atomic E-state index is 6.54. The van der Waals surface area contributed by atoms with Crippen LogP contribution in [0.15, 0.2) is 18.2 Å². The normalized spacial score (nSPS) is 26.0. The lowest BCUT2D eigenvalue weighted by molar-refractivity contribution is 0.0268. The molecule has 0 unspecified atom stereocenters. The molecular formula is C18H23Cl2N. The highest BCUT2D eigenvalue weighted by atomic mass is 35.5. The summed E-state index contributed by atoms with van der Waals surface area (Å²) in [6, 6.07) is 6.70. The highest BCUT2D eigenvalue weighted by Gasteiger charge is 2.57. The minimum Gasteiger partial charge on any atom is -0.313 e. The Hall–Kier alpha value is -0.240. The summed E-state index contributed by atoms with van der Waals surface area (Å²) in [5, 5.41) is 5.45. The van der Waals surface area contributed by atoms with Gasteiger partial charge in [-0.1, -0.05) is 42.1 Å². The molecule has 0 aliphatic heterocycles. The van der Waals surface area contributed by atoms with Crippen LogP contribution >= 0.6 is 23.2 Å². The Kier molecular flexibility index (Phi) is 3.52. The van der Waals surface area contributed by atoms with E-state index >= 15 is 0 Å². The predicted molar refractivity (Wildman–Crippen MR) is 89.3 cm³/mol. The van der Waals surface area contributed by atoms with E-state index < -0.39 is 0 Å². The third-order valence-electron chi connectivity index (χ3n) is 5.89. The van der Waals surface area contributed by atoms with Crippen LogP contribution in [0, 0.1) is 5.41 Å². The van der Waals surface area contributed by atoms with Crippen LogP contribution < -0.4 is 5.32 Å². The summed E-state index contributed by atoms with van der Waals surface area (Å²) in [7, 11) is 0. The van der Waals surface area contributed by atoms with Crippen LogP contribution in [0.1, 0.15) is 56.9 Å². The predicted octanol–water partition coefficient (Wildman–Crippen LogP) is 5.34. The Bertz CT molecular complexity index is 516. The largest absolute Gasteiger partial charge is 0.313 e. The van der Waals surface area contributed by atoms with Crippen LogP contribution in [-0.2, 0) is 5.41 Å². The maximum Gasteiger partial charge on any atom is 0.0459 e. The van der Waals surface area contributed by atoms with Gasteiger partial charge in [0, 0.05) is 28.0 Å². The van der Waals surface area contributed by atoms with Crippen molar-refractivity contribution in [2.24, 2.45) is 5.41 Å². The summed E-state index contributed by atoms with van der Waals surface area (Å²) in [5.41, 5.74) is 1.97. The van der Waals surface area contributed by atoms with Gasteiger partial charge < -0.3 is 5.32 Å². The first-order valence-electron chi connectivity index (χ1n) is 8.31. The lowest BCUT2D eigenvalue weighted by atomic mass is 9.49. The van der Waals surface area contributed by atoms with Crippen molar-refractivity contribution in [3.8, 4) is 0 Å². The Morgan fingerprint density at radius 3 is 2.24 bits per heavy atom. The van der Waals surface area contributed by atoms with E-state index in [0.29, 0.717) is 5.41 Å². The zero-order chi connectivity index (χ0) is 14.5. The van der Waals surface area contributed by atoms with Crippen molar-refractivity contribution in [1.82, 2.24) is 5.32 Å². The van der Waals surface area contributed by atoms with Crippen molar-refractivity contribution in [2.45, 2.75) is 62.8 Å². The molecular weight excluding hydrogens is 301 g/mol. The van der Waals surface area contributed by atoms with E-state index in [9.17, 15) is 0 Å². The molecule has 3 heteroatoms. The van der Waals surface area contributed by atoms with Crippen LogP contribution in [-0.4, -0.2) is 12.6 Å². The molecule has 3 aliphatic carbocycles. The average Bonchev–Trinajstić information content (AvgIpc) is 3.12. The molecule has 0 atom stereocenters. The Morgan fingerprint density at radius 2 is 1.67 bits per heavy atom. The van der Waals surface area contributed by atoms with E-state index in [-0.39, 0.29) is 5.41 Å². The average molecular weight is 324 g/mol. The molecule has 3 aliphatic rings. The van der Waals surface area contributed by atoms with Gasteiger partial charge in [-0.15, -0.1) is 0 Å². The lowest BCUT2D eigenvalue weighted by Crippen LogP contribution is -2.54.